The number of hydrogen-bond acceptors (Lipinski definition) is 0. The van der Waals surface area contributed by atoms with Crippen LogP contribution in [0.5, 0.6) is 0 Å². The summed E-state index contributed by atoms with van der Waals surface area (Å²) < 4.78 is 37.2. The molecular weight excluding hydrogens is 165 g/mol. The Labute approximate surface area is 69.0 Å². The van der Waals surface area contributed by atoms with Crippen LogP contribution in [0.4, 0.5) is 13.2 Å². The predicted molar refractivity (Wildman–Crippen MR) is 40.8 cm³/mol. The third kappa shape index (κ3) is 1.60. The number of alkyl halides is 2. The van der Waals surface area contributed by atoms with E-state index in [1.807, 2.05) is 0 Å². The lowest BCUT2D eigenvalue weighted by Crippen LogP contribution is -1.95. The fourth-order valence-corrected chi connectivity index (χ4v) is 1.20. The molecule has 0 N–H and O–H groups in total. The number of halogens is 3. The summed E-state index contributed by atoms with van der Waals surface area (Å²) in [7, 11) is 0. The fourth-order valence-electron chi connectivity index (χ4n) is 1.20. The van der Waals surface area contributed by atoms with Crippen molar-refractivity contribution in [3.05, 3.63) is 34.6 Å². The molecule has 0 saturated heterocycles. The molecule has 0 nitrogen and oxygen atoms in total. The van der Waals surface area contributed by atoms with E-state index in [-0.39, 0.29) is 0 Å². The zero-order valence-electron chi connectivity index (χ0n) is 6.87. The Kier molecular flexibility index (Phi) is 2.40. The summed E-state index contributed by atoms with van der Waals surface area (Å²) in [6.07, 6.45) is -2.73. The van der Waals surface area contributed by atoms with Gasteiger partial charge in [-0.3, -0.25) is 0 Å². The first kappa shape index (κ1) is 9.10. The average Bonchev–Trinajstić information content (AvgIpc) is 1.82. The van der Waals surface area contributed by atoms with Crippen LogP contribution in [0.1, 0.15) is 23.1 Å². The van der Waals surface area contributed by atoms with Crippen molar-refractivity contribution in [2.45, 2.75) is 20.3 Å². The van der Waals surface area contributed by atoms with Crippen LogP contribution in [0.2, 0.25) is 0 Å². The molecule has 1 aromatic carbocycles. The zero-order chi connectivity index (χ0) is 9.30. The molecule has 0 spiro atoms. The van der Waals surface area contributed by atoms with Gasteiger partial charge in [-0.2, -0.15) is 0 Å². The van der Waals surface area contributed by atoms with Crippen molar-refractivity contribution in [2.75, 3.05) is 0 Å². The van der Waals surface area contributed by atoms with E-state index in [4.69, 9.17) is 0 Å². The maximum absolute atomic E-state index is 12.9. The Bertz CT molecular complexity index is 269. The lowest BCUT2D eigenvalue weighted by Gasteiger charge is -2.06. The number of hydrogen-bond donors (Lipinski definition) is 0. The van der Waals surface area contributed by atoms with Gasteiger partial charge >= 0.3 is 0 Å². The molecule has 66 valence electrons. The van der Waals surface area contributed by atoms with Crippen molar-refractivity contribution in [1.29, 1.82) is 0 Å². The van der Waals surface area contributed by atoms with Crippen molar-refractivity contribution in [2.24, 2.45) is 0 Å². The van der Waals surface area contributed by atoms with Gasteiger partial charge in [0.1, 0.15) is 5.82 Å². The lowest BCUT2D eigenvalue weighted by molar-refractivity contribution is 0.145. The molecular formula is C9H9F3. The van der Waals surface area contributed by atoms with E-state index >= 15 is 0 Å². The van der Waals surface area contributed by atoms with Gasteiger partial charge in [-0.15, -0.1) is 0 Å². The fraction of sp³-hybridized carbons (Fsp3) is 0.333. The summed E-state index contributed by atoms with van der Waals surface area (Å²) in [6.45, 7) is 3.16. The minimum atomic E-state index is -2.73. The maximum atomic E-state index is 12.9. The van der Waals surface area contributed by atoms with E-state index in [1.54, 1.807) is 13.0 Å². The lowest BCUT2D eigenvalue weighted by atomic mass is 10.1. The molecule has 0 fully saturated rings. The summed E-state index contributed by atoms with van der Waals surface area (Å²) in [5.74, 6) is -0.817. The van der Waals surface area contributed by atoms with Crippen molar-refractivity contribution in [3.63, 3.8) is 0 Å². The topological polar surface area (TPSA) is 0 Å². The van der Waals surface area contributed by atoms with E-state index in [9.17, 15) is 13.2 Å². The van der Waals surface area contributed by atoms with Crippen molar-refractivity contribution >= 4 is 0 Å². The second-order valence-electron chi connectivity index (χ2n) is 2.78. The molecule has 1 aromatic rings. The van der Waals surface area contributed by atoms with Gasteiger partial charge in [0.05, 0.1) is 5.56 Å². The van der Waals surface area contributed by atoms with Crippen LogP contribution in [0, 0.1) is 19.7 Å². The van der Waals surface area contributed by atoms with Gasteiger partial charge in [0, 0.05) is 0 Å². The second kappa shape index (κ2) is 3.17. The first-order chi connectivity index (χ1) is 5.52. The molecule has 0 aromatic heterocycles. The Morgan fingerprint density at radius 1 is 1.17 bits per heavy atom. The molecule has 0 heterocycles. The standard InChI is InChI=1S/C9H9F3/c1-5-3-6(2)8(9(11)12)7(10)4-5/h3-4,9H,1-2H3. The van der Waals surface area contributed by atoms with Gasteiger partial charge in [0.15, 0.2) is 0 Å². The number of rotatable bonds is 1. The first-order valence-electron chi connectivity index (χ1n) is 3.57. The molecule has 0 amide bonds. The molecule has 0 radical (unpaired) electrons. The summed E-state index contributed by atoms with van der Waals surface area (Å²) in [4.78, 5) is 0. The first-order valence-corrected chi connectivity index (χ1v) is 3.57. The third-order valence-electron chi connectivity index (χ3n) is 1.70. The summed E-state index contributed by atoms with van der Waals surface area (Å²) >= 11 is 0. The van der Waals surface area contributed by atoms with Gasteiger partial charge in [-0.05, 0) is 31.0 Å². The monoisotopic (exact) mass is 174 g/mol. The van der Waals surface area contributed by atoms with E-state index in [0.717, 1.165) is 6.07 Å². The van der Waals surface area contributed by atoms with Crippen molar-refractivity contribution in [1.82, 2.24) is 0 Å². The van der Waals surface area contributed by atoms with Crippen molar-refractivity contribution < 1.29 is 13.2 Å². The minimum Gasteiger partial charge on any atom is -0.206 e. The number of benzene rings is 1. The third-order valence-corrected chi connectivity index (χ3v) is 1.70. The molecule has 0 saturated carbocycles. The van der Waals surface area contributed by atoms with Gasteiger partial charge in [-0.1, -0.05) is 6.07 Å². The van der Waals surface area contributed by atoms with E-state index in [0.29, 0.717) is 11.1 Å². The van der Waals surface area contributed by atoms with E-state index in [1.165, 1.54) is 6.92 Å². The highest BCUT2D eigenvalue weighted by Gasteiger charge is 2.15. The Hall–Kier alpha value is -0.990. The highest BCUT2D eigenvalue weighted by molar-refractivity contribution is 5.32. The zero-order valence-corrected chi connectivity index (χ0v) is 6.87. The normalized spacial score (nSPS) is 10.8. The highest BCUT2D eigenvalue weighted by Crippen LogP contribution is 2.26. The van der Waals surface area contributed by atoms with Crippen molar-refractivity contribution in [3.8, 4) is 0 Å². The Morgan fingerprint density at radius 2 is 1.75 bits per heavy atom. The molecule has 0 aliphatic rings. The van der Waals surface area contributed by atoms with Crippen LogP contribution in [0.25, 0.3) is 0 Å². The maximum Gasteiger partial charge on any atom is 0.266 e. The highest BCUT2D eigenvalue weighted by atomic mass is 19.3. The molecule has 12 heavy (non-hydrogen) atoms. The van der Waals surface area contributed by atoms with Crippen LogP contribution >= 0.6 is 0 Å². The van der Waals surface area contributed by atoms with Crippen LogP contribution < -0.4 is 0 Å². The quantitative estimate of drug-likeness (QED) is 0.612. The predicted octanol–water partition coefficient (Wildman–Crippen LogP) is 3.38. The largest absolute Gasteiger partial charge is 0.266 e. The molecule has 1 rings (SSSR count). The molecule has 0 bridgehead atoms. The van der Waals surface area contributed by atoms with Gasteiger partial charge in [-0.25, -0.2) is 13.2 Å². The van der Waals surface area contributed by atoms with Crippen LogP contribution in [0.3, 0.4) is 0 Å². The van der Waals surface area contributed by atoms with Gasteiger partial charge < -0.3 is 0 Å². The van der Waals surface area contributed by atoms with Gasteiger partial charge in [0.25, 0.3) is 6.43 Å². The molecule has 3 heteroatoms. The SMILES string of the molecule is Cc1cc(C)c(C(F)F)c(F)c1. The Morgan fingerprint density at radius 3 is 2.17 bits per heavy atom. The number of aryl methyl sites for hydroxylation is 2. The minimum absolute atomic E-state index is 0.308. The molecule has 0 unspecified atom stereocenters. The van der Waals surface area contributed by atoms with E-state index < -0.39 is 17.8 Å². The van der Waals surface area contributed by atoms with Crippen LogP contribution in [0.15, 0.2) is 12.1 Å². The smallest absolute Gasteiger partial charge is 0.206 e. The molecule has 0 aliphatic carbocycles. The molecule has 0 atom stereocenters. The van der Waals surface area contributed by atoms with E-state index in [2.05, 4.69) is 0 Å². The second-order valence-corrected chi connectivity index (χ2v) is 2.78. The molecule has 0 aliphatic heterocycles. The van der Waals surface area contributed by atoms with Gasteiger partial charge in [0.2, 0.25) is 0 Å². The summed E-state index contributed by atoms with van der Waals surface area (Å²) in [5, 5.41) is 0. The Balaban J connectivity index is 3.28. The van der Waals surface area contributed by atoms with Crippen LogP contribution in [-0.2, 0) is 0 Å². The van der Waals surface area contributed by atoms with Crippen LogP contribution in [-0.4, -0.2) is 0 Å². The average molecular weight is 174 g/mol. The summed E-state index contributed by atoms with van der Waals surface area (Å²) in [6, 6.07) is 2.67. The summed E-state index contributed by atoms with van der Waals surface area (Å²) in [5.41, 5.74) is 0.484.